The number of hydrogen-bond acceptors (Lipinski definition) is 3. The summed E-state index contributed by atoms with van der Waals surface area (Å²) in [5, 5.41) is 0. The Morgan fingerprint density at radius 1 is 1.36 bits per heavy atom. The van der Waals surface area contributed by atoms with Crippen molar-refractivity contribution in [1.29, 1.82) is 0 Å². The Labute approximate surface area is 84.9 Å². The van der Waals surface area contributed by atoms with E-state index < -0.39 is 11.0 Å². The molecule has 1 unspecified atom stereocenters. The highest BCUT2D eigenvalue weighted by Crippen LogP contribution is 2.12. The molecule has 1 rings (SSSR count). The van der Waals surface area contributed by atoms with E-state index in [9.17, 15) is 9.00 Å². The fraction of sp³-hybridized carbons (Fsp3) is 0.222. The number of hydrogen-bond donors (Lipinski definition) is 1. The van der Waals surface area contributed by atoms with Crippen molar-refractivity contribution in [2.45, 2.75) is 11.8 Å². The molecular weight excluding hydrogens is 202 g/mol. The van der Waals surface area contributed by atoms with E-state index in [4.69, 9.17) is 4.74 Å². The van der Waals surface area contributed by atoms with E-state index >= 15 is 0 Å². The van der Waals surface area contributed by atoms with E-state index in [1.807, 2.05) is 0 Å². The summed E-state index contributed by atoms with van der Waals surface area (Å²) in [5.41, 5.74) is 0. The molecule has 1 atom stereocenters. The number of benzene rings is 1. The maximum Gasteiger partial charge on any atom is 0.228 e. The van der Waals surface area contributed by atoms with Crippen molar-refractivity contribution >= 4 is 16.9 Å². The molecule has 0 aliphatic heterocycles. The Hall–Kier alpha value is -1.36. The first kappa shape index (κ1) is 10.7. The summed E-state index contributed by atoms with van der Waals surface area (Å²) in [5.74, 6) is 0.368. The Morgan fingerprint density at radius 3 is 2.36 bits per heavy atom. The standard InChI is InChI=1S/C9H11NO3S/c1-7(11)10-14(12)9-5-3-8(13-2)4-6-9/h3-6H,1-2H3,(H,10,11). The molecule has 1 aromatic carbocycles. The van der Waals surface area contributed by atoms with Crippen molar-refractivity contribution in [2.24, 2.45) is 0 Å². The molecule has 0 heterocycles. The first-order valence-corrected chi connectivity index (χ1v) is 5.11. The van der Waals surface area contributed by atoms with Gasteiger partial charge in [-0.15, -0.1) is 0 Å². The van der Waals surface area contributed by atoms with Gasteiger partial charge in [0.05, 0.1) is 12.0 Å². The van der Waals surface area contributed by atoms with Gasteiger partial charge in [0.2, 0.25) is 5.91 Å². The number of amides is 1. The van der Waals surface area contributed by atoms with Crippen molar-refractivity contribution in [2.75, 3.05) is 7.11 Å². The van der Waals surface area contributed by atoms with E-state index in [1.165, 1.54) is 6.92 Å². The molecule has 0 fully saturated rings. The minimum Gasteiger partial charge on any atom is -0.497 e. The van der Waals surface area contributed by atoms with Crippen molar-refractivity contribution in [1.82, 2.24) is 4.72 Å². The van der Waals surface area contributed by atoms with E-state index in [-0.39, 0.29) is 5.91 Å². The third-order valence-electron chi connectivity index (χ3n) is 1.51. The van der Waals surface area contributed by atoms with Crippen LogP contribution in [0.1, 0.15) is 6.92 Å². The molecule has 1 N–H and O–H groups in total. The van der Waals surface area contributed by atoms with Crippen LogP contribution in [0.3, 0.4) is 0 Å². The lowest BCUT2D eigenvalue weighted by Crippen LogP contribution is -2.22. The molecule has 0 bridgehead atoms. The highest BCUT2D eigenvalue weighted by Gasteiger charge is 2.04. The van der Waals surface area contributed by atoms with Gasteiger partial charge >= 0.3 is 0 Å². The molecule has 14 heavy (non-hydrogen) atoms. The van der Waals surface area contributed by atoms with Crippen LogP contribution in [0.4, 0.5) is 0 Å². The molecule has 0 spiro atoms. The highest BCUT2D eigenvalue weighted by molar-refractivity contribution is 7.83. The van der Waals surface area contributed by atoms with Crippen LogP contribution in [0, 0.1) is 0 Å². The zero-order chi connectivity index (χ0) is 10.6. The predicted octanol–water partition coefficient (Wildman–Crippen LogP) is 0.854. The summed E-state index contributed by atoms with van der Waals surface area (Å²) >= 11 is 0. The summed E-state index contributed by atoms with van der Waals surface area (Å²) in [6.45, 7) is 1.32. The van der Waals surface area contributed by atoms with Gasteiger partial charge in [0.25, 0.3) is 0 Å². The molecule has 76 valence electrons. The van der Waals surface area contributed by atoms with Gasteiger partial charge in [-0.05, 0) is 24.3 Å². The SMILES string of the molecule is COc1ccc(S(=O)NC(C)=O)cc1. The van der Waals surface area contributed by atoms with E-state index in [0.29, 0.717) is 10.6 Å². The number of ether oxygens (including phenoxy) is 1. The zero-order valence-electron chi connectivity index (χ0n) is 7.94. The summed E-state index contributed by atoms with van der Waals surface area (Å²) in [6, 6.07) is 6.67. The maximum absolute atomic E-state index is 11.4. The van der Waals surface area contributed by atoms with Gasteiger partial charge in [-0.2, -0.15) is 0 Å². The van der Waals surface area contributed by atoms with Crippen LogP contribution in [-0.2, 0) is 15.8 Å². The van der Waals surface area contributed by atoms with Crippen molar-refractivity contribution in [3.63, 3.8) is 0 Å². The molecule has 1 amide bonds. The van der Waals surface area contributed by atoms with Gasteiger partial charge in [0, 0.05) is 6.92 Å². The summed E-state index contributed by atoms with van der Waals surface area (Å²) < 4.78 is 18.6. The quantitative estimate of drug-likeness (QED) is 0.810. The minimum absolute atomic E-state index is 0.320. The number of nitrogens with one attached hydrogen (secondary N) is 1. The van der Waals surface area contributed by atoms with Crippen molar-refractivity contribution < 1.29 is 13.7 Å². The second kappa shape index (κ2) is 4.76. The van der Waals surface area contributed by atoms with Crippen LogP contribution in [-0.4, -0.2) is 17.2 Å². The normalized spacial score (nSPS) is 11.9. The Morgan fingerprint density at radius 2 is 1.93 bits per heavy atom. The van der Waals surface area contributed by atoms with Crippen LogP contribution in [0.2, 0.25) is 0 Å². The van der Waals surface area contributed by atoms with Gasteiger partial charge in [0.1, 0.15) is 5.75 Å². The lowest BCUT2D eigenvalue weighted by molar-refractivity contribution is -0.117. The van der Waals surface area contributed by atoms with Gasteiger partial charge in [-0.3, -0.25) is 9.52 Å². The first-order valence-electron chi connectivity index (χ1n) is 3.96. The smallest absolute Gasteiger partial charge is 0.228 e. The van der Waals surface area contributed by atoms with Gasteiger partial charge in [0.15, 0.2) is 11.0 Å². The maximum atomic E-state index is 11.4. The first-order chi connectivity index (χ1) is 6.63. The van der Waals surface area contributed by atoms with Gasteiger partial charge < -0.3 is 4.74 Å². The lowest BCUT2D eigenvalue weighted by atomic mass is 10.3. The van der Waals surface area contributed by atoms with Crippen LogP contribution in [0.15, 0.2) is 29.2 Å². The average Bonchev–Trinajstić information content (AvgIpc) is 2.17. The molecule has 0 aromatic heterocycles. The lowest BCUT2D eigenvalue weighted by Gasteiger charge is -2.03. The Bertz CT molecular complexity index is 348. The summed E-state index contributed by atoms with van der Waals surface area (Å²) in [7, 11) is 0.0765. The average molecular weight is 213 g/mol. The van der Waals surface area contributed by atoms with E-state index in [2.05, 4.69) is 4.72 Å². The number of carbonyl (C=O) groups excluding carboxylic acids is 1. The van der Waals surface area contributed by atoms with Gasteiger partial charge in [-0.1, -0.05) is 0 Å². The van der Waals surface area contributed by atoms with Crippen LogP contribution in [0.25, 0.3) is 0 Å². The molecule has 4 nitrogen and oxygen atoms in total. The second-order valence-corrected chi connectivity index (χ2v) is 3.82. The number of methoxy groups -OCH3 is 1. The third-order valence-corrected chi connectivity index (χ3v) is 2.68. The molecule has 5 heteroatoms. The molecule has 0 aliphatic rings. The van der Waals surface area contributed by atoms with Crippen LogP contribution in [0.5, 0.6) is 5.75 Å². The van der Waals surface area contributed by atoms with E-state index in [1.54, 1.807) is 31.4 Å². The Balaban J connectivity index is 2.76. The largest absolute Gasteiger partial charge is 0.497 e. The number of rotatable bonds is 3. The fourth-order valence-corrected chi connectivity index (χ4v) is 1.65. The van der Waals surface area contributed by atoms with Crippen molar-refractivity contribution in [3.8, 4) is 5.75 Å². The van der Waals surface area contributed by atoms with Crippen LogP contribution < -0.4 is 9.46 Å². The van der Waals surface area contributed by atoms with Crippen molar-refractivity contribution in [3.05, 3.63) is 24.3 Å². The molecule has 0 aliphatic carbocycles. The molecule has 0 saturated carbocycles. The fourth-order valence-electron chi connectivity index (χ4n) is 0.889. The Kier molecular flexibility index (Phi) is 3.64. The molecular formula is C9H11NO3S. The monoisotopic (exact) mass is 213 g/mol. The summed E-state index contributed by atoms with van der Waals surface area (Å²) in [6.07, 6.45) is 0. The van der Waals surface area contributed by atoms with E-state index in [0.717, 1.165) is 0 Å². The topological polar surface area (TPSA) is 55.4 Å². The summed E-state index contributed by atoms with van der Waals surface area (Å²) in [4.78, 5) is 11.2. The highest BCUT2D eigenvalue weighted by atomic mass is 32.2. The third kappa shape index (κ3) is 2.85. The van der Waals surface area contributed by atoms with Crippen LogP contribution >= 0.6 is 0 Å². The zero-order valence-corrected chi connectivity index (χ0v) is 8.76. The molecule has 0 radical (unpaired) electrons. The second-order valence-electron chi connectivity index (χ2n) is 2.60. The van der Waals surface area contributed by atoms with Gasteiger partial charge in [-0.25, -0.2) is 4.21 Å². The molecule has 1 aromatic rings. The number of carbonyl (C=O) groups is 1. The predicted molar refractivity (Wildman–Crippen MR) is 53.2 cm³/mol. The molecule has 0 saturated heterocycles. The minimum atomic E-state index is -1.48.